The lowest BCUT2D eigenvalue weighted by molar-refractivity contribution is -0.370. The van der Waals surface area contributed by atoms with E-state index in [-0.39, 0.29) is 6.61 Å². The molecule has 35 nitrogen and oxygen atoms in total. The summed E-state index contributed by atoms with van der Waals surface area (Å²) in [5.41, 5.74) is 0. The minimum atomic E-state index is -5.70. The number of carboxylic acid groups (broad SMARTS) is 2. The van der Waals surface area contributed by atoms with Crippen LogP contribution in [0.3, 0.4) is 0 Å². The standard InChI is InChI=1S/C27H46N2O33S4/c1-2-3-53-24-8(28-63(41,42)43)10(31)16(6(4-30)55-24)57-26-15(36)14(35)18(21(61-26)23(39)40)59-25-9(29-64(44,45)46)11(32)17(7(56-25)5-54-65(47,48)49)58-27-20(62-66(50,51)52)13(34)12(33)19(60-27)22(37)38/h6-21,24-36H,2-5H2,1H3,(H,37,38)(H,39,40)(H,41,42,43)(H,44,45,46)(H,47,48,49)(H,50,51,52)/t6-,7-,8-,9-,10-,11-,12+,13+,14-,15-,16-,17-,18+,19-,20-,21+,24+,25-,26-,27-/m1/s1. The van der Waals surface area contributed by atoms with Gasteiger partial charge in [0, 0.05) is 6.61 Å². The third-order valence-corrected chi connectivity index (χ3v) is 11.7. The Balaban J connectivity index is 1.70. The van der Waals surface area contributed by atoms with Crippen molar-refractivity contribution >= 4 is 53.3 Å². The van der Waals surface area contributed by atoms with Crippen molar-refractivity contribution in [2.75, 3.05) is 19.8 Å². The lowest BCUT2D eigenvalue weighted by Crippen LogP contribution is -2.70. The largest absolute Gasteiger partial charge is 0.479 e. The molecule has 4 saturated heterocycles. The predicted octanol–water partition coefficient (Wildman–Crippen LogP) is -9.68. The van der Waals surface area contributed by atoms with E-state index in [1.807, 2.05) is 0 Å². The number of aliphatic carboxylic acids is 2. The van der Waals surface area contributed by atoms with Crippen LogP contribution in [-0.2, 0) is 97.3 Å². The normalized spacial score (nSPS) is 40.7. The van der Waals surface area contributed by atoms with E-state index in [0.29, 0.717) is 6.42 Å². The van der Waals surface area contributed by atoms with Gasteiger partial charge >= 0.3 is 53.3 Å². The number of carbonyl (C=O) groups is 2. The maximum absolute atomic E-state index is 12.6. The van der Waals surface area contributed by atoms with E-state index in [4.69, 9.17) is 37.9 Å². The highest BCUT2D eigenvalue weighted by Crippen LogP contribution is 2.36. The van der Waals surface area contributed by atoms with Crippen molar-refractivity contribution in [2.24, 2.45) is 0 Å². The van der Waals surface area contributed by atoms with Crippen LogP contribution < -0.4 is 9.44 Å². The number of ether oxygens (including phenoxy) is 8. The predicted molar refractivity (Wildman–Crippen MR) is 195 cm³/mol. The number of aliphatic hydroxyl groups is 7. The highest BCUT2D eigenvalue weighted by molar-refractivity contribution is 7.84. The number of rotatable bonds is 21. The van der Waals surface area contributed by atoms with Crippen LogP contribution in [0.1, 0.15) is 13.3 Å². The Labute approximate surface area is 371 Å². The second-order valence-electron chi connectivity index (χ2n) is 14.3. The Bertz CT molecular complexity index is 2110. The summed E-state index contributed by atoms with van der Waals surface area (Å²) in [4.78, 5) is 24.4. The summed E-state index contributed by atoms with van der Waals surface area (Å²) in [6.07, 6.45) is -44.0. The molecule has 66 heavy (non-hydrogen) atoms. The number of aliphatic hydroxyl groups excluding tert-OH is 7. The van der Waals surface area contributed by atoms with Gasteiger partial charge < -0.3 is 83.9 Å². The van der Waals surface area contributed by atoms with Gasteiger partial charge in [-0.3, -0.25) is 18.2 Å². The van der Waals surface area contributed by atoms with Crippen molar-refractivity contribution in [2.45, 2.75) is 136 Å². The topological polar surface area (TPSA) is 550 Å². The van der Waals surface area contributed by atoms with Crippen LogP contribution in [0.2, 0.25) is 0 Å². The monoisotopic (exact) mass is 1050 g/mol. The van der Waals surface area contributed by atoms with Gasteiger partial charge in [0.1, 0.15) is 79.2 Å². The molecule has 4 rings (SSSR count). The third-order valence-electron chi connectivity index (χ3n) is 9.65. The molecule has 0 unspecified atom stereocenters. The zero-order valence-electron chi connectivity index (χ0n) is 33.0. The molecule has 0 aromatic heterocycles. The summed E-state index contributed by atoms with van der Waals surface area (Å²) >= 11 is 0. The van der Waals surface area contributed by atoms with Gasteiger partial charge in [-0.2, -0.15) is 43.1 Å². The van der Waals surface area contributed by atoms with Crippen molar-refractivity contribution in [3.63, 3.8) is 0 Å². The fraction of sp³-hybridized carbons (Fsp3) is 0.926. The van der Waals surface area contributed by atoms with Crippen molar-refractivity contribution in [3.05, 3.63) is 0 Å². The average molecular weight is 1050 g/mol. The van der Waals surface area contributed by atoms with E-state index < -0.39 is 189 Å². The Morgan fingerprint density at radius 1 is 0.545 bits per heavy atom. The van der Waals surface area contributed by atoms with Crippen LogP contribution in [-0.4, -0.2) is 252 Å². The van der Waals surface area contributed by atoms with Gasteiger partial charge in [-0.1, -0.05) is 6.92 Å². The quantitative estimate of drug-likeness (QED) is 0.0475. The average Bonchev–Trinajstić information content (AvgIpc) is 3.17. The fourth-order valence-corrected chi connectivity index (χ4v) is 8.84. The maximum Gasteiger partial charge on any atom is 0.397 e. The summed E-state index contributed by atoms with van der Waals surface area (Å²) < 4.78 is 186. The first-order valence-electron chi connectivity index (χ1n) is 18.4. The number of nitrogens with one attached hydrogen (secondary N) is 2. The summed E-state index contributed by atoms with van der Waals surface area (Å²) in [6.45, 7) is -1.18. The van der Waals surface area contributed by atoms with Gasteiger partial charge in [0.25, 0.3) is 0 Å². The van der Waals surface area contributed by atoms with Crippen molar-refractivity contribution in [3.8, 4) is 0 Å². The Kier molecular flexibility index (Phi) is 19.0. The van der Waals surface area contributed by atoms with Crippen LogP contribution >= 0.6 is 0 Å². The molecule has 15 N–H and O–H groups in total. The molecule has 39 heteroatoms. The Hall–Kier alpha value is -2.18. The molecule has 20 atom stereocenters. The molecule has 0 radical (unpaired) electrons. The number of hydrogen-bond donors (Lipinski definition) is 15. The van der Waals surface area contributed by atoms with Gasteiger partial charge in [-0.05, 0) is 6.42 Å². The SMILES string of the molecule is CCCO[C@H]1O[C@H](CO)[C@@H](O[C@@H]2O[C@H](C(=O)O)[C@@H](O[C@H]3O[C@H](COS(=O)(=O)O)[C@@H](O[C@@H]4O[C@@H](C(=O)O)[C@@H](O)[C@H](O)[C@H]4OS(=O)(=O)O)[C@H](O)[C@H]3NS(=O)(=O)O)[C@H](O)[C@H]2O)[C@H](O)[C@H]1NS(=O)(=O)O. The Morgan fingerprint density at radius 2 is 1.02 bits per heavy atom. The van der Waals surface area contributed by atoms with Crippen molar-refractivity contribution in [1.82, 2.24) is 9.44 Å². The molecule has 0 aromatic rings. The Morgan fingerprint density at radius 3 is 1.50 bits per heavy atom. The molecule has 0 amide bonds. The molecule has 0 spiro atoms. The van der Waals surface area contributed by atoms with Gasteiger partial charge in [-0.25, -0.2) is 18.0 Å². The van der Waals surface area contributed by atoms with Crippen LogP contribution in [0.5, 0.6) is 0 Å². The van der Waals surface area contributed by atoms with Crippen LogP contribution in [0.25, 0.3) is 0 Å². The van der Waals surface area contributed by atoms with E-state index in [1.165, 1.54) is 4.72 Å². The van der Waals surface area contributed by atoms with Gasteiger partial charge in [0.2, 0.25) is 0 Å². The summed E-state index contributed by atoms with van der Waals surface area (Å²) in [6, 6.07) is -4.59. The molecule has 0 saturated carbocycles. The van der Waals surface area contributed by atoms with E-state index >= 15 is 0 Å². The molecule has 4 aliphatic rings. The smallest absolute Gasteiger partial charge is 0.397 e. The lowest BCUT2D eigenvalue weighted by Gasteiger charge is -2.49. The van der Waals surface area contributed by atoms with Crippen LogP contribution in [0.15, 0.2) is 0 Å². The van der Waals surface area contributed by atoms with E-state index in [1.54, 1.807) is 11.6 Å². The maximum atomic E-state index is 12.6. The highest BCUT2D eigenvalue weighted by atomic mass is 32.3. The first-order valence-corrected chi connectivity index (χ1v) is 24.0. The summed E-state index contributed by atoms with van der Waals surface area (Å²) in [7, 11) is -22.0. The number of hydrogen-bond acceptors (Lipinski definition) is 27. The van der Waals surface area contributed by atoms with Crippen molar-refractivity contribution in [1.29, 1.82) is 0 Å². The first kappa shape index (κ1) is 56.4. The number of carboxylic acids is 2. The summed E-state index contributed by atoms with van der Waals surface area (Å²) in [5.74, 6) is -4.21. The minimum Gasteiger partial charge on any atom is -0.479 e. The molecule has 4 fully saturated rings. The molecule has 0 bridgehead atoms. The molecule has 386 valence electrons. The second kappa shape index (κ2) is 22.3. The molecule has 4 heterocycles. The lowest BCUT2D eigenvalue weighted by atomic mass is 9.94. The fourth-order valence-electron chi connectivity index (χ4n) is 6.86. The zero-order chi connectivity index (χ0) is 50.0. The van der Waals surface area contributed by atoms with Gasteiger partial charge in [0.05, 0.1) is 13.2 Å². The molecule has 0 aromatic carbocycles. The molecule has 0 aliphatic carbocycles. The van der Waals surface area contributed by atoms with E-state index in [0.717, 1.165) is 0 Å². The van der Waals surface area contributed by atoms with Crippen LogP contribution in [0, 0.1) is 0 Å². The van der Waals surface area contributed by atoms with Crippen molar-refractivity contribution < 1.29 is 154 Å². The molecule has 4 aliphatic heterocycles. The minimum absolute atomic E-state index is 0.128. The molecular formula is C27H46N2O33S4. The highest BCUT2D eigenvalue weighted by Gasteiger charge is 2.58. The van der Waals surface area contributed by atoms with Gasteiger partial charge in [0.15, 0.2) is 43.5 Å². The second-order valence-corrected chi connectivity index (χ2v) is 18.9. The zero-order valence-corrected chi connectivity index (χ0v) is 36.3. The molecular weight excluding hydrogens is 1010 g/mol. The van der Waals surface area contributed by atoms with Gasteiger partial charge in [-0.15, -0.1) is 0 Å². The summed E-state index contributed by atoms with van der Waals surface area (Å²) in [5, 5.41) is 95.4. The first-order chi connectivity index (χ1) is 30.3. The van der Waals surface area contributed by atoms with E-state index in [9.17, 15) is 107 Å². The van der Waals surface area contributed by atoms with Crippen LogP contribution in [0.4, 0.5) is 0 Å². The third kappa shape index (κ3) is 14.7. The van der Waals surface area contributed by atoms with E-state index in [2.05, 4.69) is 8.37 Å².